The molecule has 36 heavy (non-hydrogen) atoms. The standard InChI is InChI=1S/C23H23ClN4O6S2/c24-18-8-7-16(28(30)31)14-22(18)36(32,33)26-19-5-2-1-4-17(19)23(29)25-15-20(21-6-3-13-35-21)27-9-11-34-12-10-27/h1-8,13-14,20,26H,9-12,15H2,(H,25,29)/t20-/m0/s1. The molecule has 10 nitrogen and oxygen atoms in total. The van der Waals surface area contributed by atoms with Crippen molar-refractivity contribution in [1.82, 2.24) is 10.2 Å². The maximum atomic E-state index is 13.2. The number of anilines is 1. The van der Waals surface area contributed by atoms with Crippen molar-refractivity contribution in [3.05, 3.63) is 85.6 Å². The van der Waals surface area contributed by atoms with Crippen LogP contribution in [0.3, 0.4) is 0 Å². The highest BCUT2D eigenvalue weighted by Gasteiger charge is 2.26. The zero-order chi connectivity index (χ0) is 25.7. The molecule has 190 valence electrons. The fraction of sp³-hybridized carbons (Fsp3) is 0.261. The van der Waals surface area contributed by atoms with Crippen molar-refractivity contribution in [2.45, 2.75) is 10.9 Å². The number of benzene rings is 2. The number of nitro groups is 1. The van der Waals surface area contributed by atoms with E-state index >= 15 is 0 Å². The molecule has 1 saturated heterocycles. The van der Waals surface area contributed by atoms with Gasteiger partial charge < -0.3 is 10.1 Å². The summed E-state index contributed by atoms with van der Waals surface area (Å²) in [4.78, 5) is 26.4. The number of ether oxygens (including phenoxy) is 1. The highest BCUT2D eigenvalue weighted by atomic mass is 35.5. The molecule has 1 aliphatic heterocycles. The van der Waals surface area contributed by atoms with Crippen molar-refractivity contribution < 1.29 is 22.9 Å². The van der Waals surface area contributed by atoms with Gasteiger partial charge in [0.15, 0.2) is 0 Å². The maximum absolute atomic E-state index is 13.2. The van der Waals surface area contributed by atoms with Crippen LogP contribution in [0.15, 0.2) is 64.9 Å². The predicted molar refractivity (Wildman–Crippen MR) is 137 cm³/mol. The van der Waals surface area contributed by atoms with Gasteiger partial charge in [0.05, 0.1) is 40.5 Å². The van der Waals surface area contributed by atoms with E-state index in [1.54, 1.807) is 23.5 Å². The third-order valence-corrected chi connectivity index (χ3v) is 8.47. The van der Waals surface area contributed by atoms with E-state index < -0.39 is 31.4 Å². The first kappa shape index (κ1) is 26.0. The van der Waals surface area contributed by atoms with Gasteiger partial charge in [-0.2, -0.15) is 0 Å². The molecule has 0 bridgehead atoms. The van der Waals surface area contributed by atoms with Crippen molar-refractivity contribution in [3.8, 4) is 0 Å². The lowest BCUT2D eigenvalue weighted by atomic mass is 10.1. The zero-order valence-corrected chi connectivity index (χ0v) is 21.3. The van der Waals surface area contributed by atoms with E-state index in [1.807, 2.05) is 17.5 Å². The second-order valence-electron chi connectivity index (χ2n) is 7.91. The number of para-hydroxylation sites is 1. The molecule has 2 aromatic carbocycles. The minimum absolute atomic E-state index is 0.0246. The van der Waals surface area contributed by atoms with E-state index in [-0.39, 0.29) is 22.3 Å². The Morgan fingerprint density at radius 1 is 1.17 bits per heavy atom. The quantitative estimate of drug-likeness (QED) is 0.305. The molecule has 13 heteroatoms. The van der Waals surface area contributed by atoms with Crippen LogP contribution in [0.4, 0.5) is 11.4 Å². The minimum Gasteiger partial charge on any atom is -0.379 e. The number of thiophene rings is 1. The monoisotopic (exact) mass is 550 g/mol. The number of amides is 1. The fourth-order valence-corrected chi connectivity index (χ4v) is 6.31. The van der Waals surface area contributed by atoms with Crippen LogP contribution < -0.4 is 10.0 Å². The summed E-state index contributed by atoms with van der Waals surface area (Å²) in [5, 5.41) is 15.8. The molecule has 1 atom stereocenters. The number of nitrogens with zero attached hydrogens (tertiary/aromatic N) is 2. The Labute approximate surface area is 217 Å². The van der Waals surface area contributed by atoms with Crippen molar-refractivity contribution >= 4 is 50.2 Å². The van der Waals surface area contributed by atoms with E-state index in [0.29, 0.717) is 19.8 Å². The van der Waals surface area contributed by atoms with Gasteiger partial charge in [-0.05, 0) is 29.6 Å². The van der Waals surface area contributed by atoms with Gasteiger partial charge in [-0.1, -0.05) is 29.8 Å². The molecule has 0 aliphatic carbocycles. The number of nitrogens with one attached hydrogen (secondary N) is 2. The summed E-state index contributed by atoms with van der Waals surface area (Å²) in [5.41, 5.74) is -0.292. The predicted octanol–water partition coefficient (Wildman–Crippen LogP) is 3.91. The van der Waals surface area contributed by atoms with Gasteiger partial charge in [-0.3, -0.25) is 24.5 Å². The van der Waals surface area contributed by atoms with Crippen LogP contribution in [-0.4, -0.2) is 57.0 Å². The summed E-state index contributed by atoms with van der Waals surface area (Å²) in [6, 6.07) is 13.2. The number of hydrogen-bond acceptors (Lipinski definition) is 8. The third-order valence-electron chi connectivity index (χ3n) is 5.65. The number of nitro benzene ring substituents is 1. The third kappa shape index (κ3) is 6.02. The number of morpholine rings is 1. The SMILES string of the molecule is O=C(NC[C@@H](c1cccs1)N1CCOCC1)c1ccccc1NS(=O)(=O)c1cc([N+](=O)[O-])ccc1Cl. The van der Waals surface area contributed by atoms with Crippen LogP contribution in [0.1, 0.15) is 21.3 Å². The van der Waals surface area contributed by atoms with Gasteiger partial charge in [-0.25, -0.2) is 8.42 Å². The number of halogens is 1. The van der Waals surface area contributed by atoms with Crippen LogP contribution in [0.25, 0.3) is 0 Å². The lowest BCUT2D eigenvalue weighted by Crippen LogP contribution is -2.43. The lowest BCUT2D eigenvalue weighted by molar-refractivity contribution is -0.385. The number of rotatable bonds is 9. The van der Waals surface area contributed by atoms with E-state index in [0.717, 1.165) is 36.2 Å². The zero-order valence-electron chi connectivity index (χ0n) is 18.9. The number of hydrogen-bond donors (Lipinski definition) is 2. The summed E-state index contributed by atoms with van der Waals surface area (Å²) in [7, 11) is -4.33. The van der Waals surface area contributed by atoms with E-state index in [2.05, 4.69) is 14.9 Å². The maximum Gasteiger partial charge on any atom is 0.270 e. The molecule has 0 radical (unpaired) electrons. The number of sulfonamides is 1. The van der Waals surface area contributed by atoms with E-state index in [9.17, 15) is 23.3 Å². The van der Waals surface area contributed by atoms with Gasteiger partial charge in [0, 0.05) is 36.6 Å². The smallest absolute Gasteiger partial charge is 0.270 e. The number of carbonyl (C=O) groups is 1. The number of non-ortho nitro benzene ring substituents is 1. The Balaban J connectivity index is 1.54. The molecule has 2 heterocycles. The molecule has 0 saturated carbocycles. The minimum atomic E-state index is -4.33. The highest BCUT2D eigenvalue weighted by molar-refractivity contribution is 7.92. The molecular formula is C23H23ClN4O6S2. The van der Waals surface area contributed by atoms with Crippen LogP contribution >= 0.6 is 22.9 Å². The van der Waals surface area contributed by atoms with Crippen molar-refractivity contribution in [3.63, 3.8) is 0 Å². The second kappa shape index (κ2) is 11.4. The van der Waals surface area contributed by atoms with Crippen LogP contribution in [0.5, 0.6) is 0 Å². The Morgan fingerprint density at radius 2 is 1.92 bits per heavy atom. The average molecular weight is 551 g/mol. The second-order valence-corrected chi connectivity index (χ2v) is 10.9. The van der Waals surface area contributed by atoms with E-state index in [1.165, 1.54) is 12.1 Å². The van der Waals surface area contributed by atoms with E-state index in [4.69, 9.17) is 16.3 Å². The first-order valence-corrected chi connectivity index (χ1v) is 13.7. The molecular weight excluding hydrogens is 528 g/mol. The van der Waals surface area contributed by atoms with Crippen molar-refractivity contribution in [2.24, 2.45) is 0 Å². The Bertz CT molecular complexity index is 1340. The Kier molecular flexibility index (Phi) is 8.21. The van der Waals surface area contributed by atoms with Crippen molar-refractivity contribution in [1.29, 1.82) is 0 Å². The summed E-state index contributed by atoms with van der Waals surface area (Å²) in [5.74, 6) is -0.465. The van der Waals surface area contributed by atoms with Crippen LogP contribution in [0, 0.1) is 10.1 Å². The topological polar surface area (TPSA) is 131 Å². The first-order chi connectivity index (χ1) is 17.3. The summed E-state index contributed by atoms with van der Waals surface area (Å²) < 4.78 is 33.9. The molecule has 0 spiro atoms. The molecule has 3 aromatic rings. The van der Waals surface area contributed by atoms with Crippen LogP contribution in [0.2, 0.25) is 5.02 Å². The molecule has 1 aromatic heterocycles. The van der Waals surface area contributed by atoms with Gasteiger partial charge in [0.1, 0.15) is 4.90 Å². The molecule has 1 aliphatic rings. The summed E-state index contributed by atoms with van der Waals surface area (Å²) in [6.07, 6.45) is 0. The summed E-state index contributed by atoms with van der Waals surface area (Å²) in [6.45, 7) is 3.01. The number of carbonyl (C=O) groups excluding carboxylic acids is 1. The fourth-order valence-electron chi connectivity index (χ4n) is 3.85. The summed E-state index contributed by atoms with van der Waals surface area (Å²) >= 11 is 7.63. The molecule has 2 N–H and O–H groups in total. The lowest BCUT2D eigenvalue weighted by Gasteiger charge is -2.34. The largest absolute Gasteiger partial charge is 0.379 e. The molecule has 0 unspecified atom stereocenters. The Hall–Kier alpha value is -3.03. The molecule has 1 amide bonds. The Morgan fingerprint density at radius 3 is 2.61 bits per heavy atom. The molecule has 4 rings (SSSR count). The first-order valence-electron chi connectivity index (χ1n) is 11.0. The van der Waals surface area contributed by atoms with Gasteiger partial charge >= 0.3 is 0 Å². The van der Waals surface area contributed by atoms with Gasteiger partial charge in [0.2, 0.25) is 0 Å². The average Bonchev–Trinajstić information content (AvgIpc) is 3.39. The normalized spacial score (nSPS) is 15.2. The molecule has 1 fully saturated rings. The van der Waals surface area contributed by atoms with Gasteiger partial charge in [-0.15, -0.1) is 11.3 Å². The van der Waals surface area contributed by atoms with Crippen LogP contribution in [-0.2, 0) is 14.8 Å². The highest BCUT2D eigenvalue weighted by Crippen LogP contribution is 2.29. The van der Waals surface area contributed by atoms with Gasteiger partial charge in [0.25, 0.3) is 21.6 Å². The van der Waals surface area contributed by atoms with Crippen molar-refractivity contribution in [2.75, 3.05) is 37.6 Å².